The normalized spacial score (nSPS) is 21.1. The lowest BCUT2D eigenvalue weighted by atomic mass is 9.96. The fraction of sp³-hybridized carbons (Fsp3) is 0.462. The fourth-order valence-corrected chi connectivity index (χ4v) is 5.39. The van der Waals surface area contributed by atoms with Crippen LogP contribution in [0.3, 0.4) is 0 Å². The van der Waals surface area contributed by atoms with E-state index in [0.717, 1.165) is 55.7 Å². The number of likely N-dealkylation sites (tertiary alicyclic amines) is 2. The molecule has 1 atom stereocenters. The molecule has 2 amide bonds. The quantitative estimate of drug-likeness (QED) is 0.735. The topological polar surface area (TPSA) is 43.9 Å². The van der Waals surface area contributed by atoms with Gasteiger partial charge in [-0.2, -0.15) is 0 Å². The highest BCUT2D eigenvalue weighted by atomic mass is 19.1. The van der Waals surface area contributed by atoms with Crippen molar-refractivity contribution in [1.82, 2.24) is 14.7 Å². The maximum absolute atomic E-state index is 14.0. The van der Waals surface area contributed by atoms with Crippen LogP contribution in [-0.2, 0) is 13.0 Å². The number of hydrogen-bond donors (Lipinski definition) is 0. The van der Waals surface area contributed by atoms with Crippen LogP contribution in [0.4, 0.5) is 4.39 Å². The predicted octanol–water partition coefficient (Wildman–Crippen LogP) is 3.72. The number of benzene rings is 2. The van der Waals surface area contributed by atoms with Gasteiger partial charge in [0.05, 0.1) is 5.56 Å². The lowest BCUT2D eigenvalue weighted by molar-refractivity contribution is 0.0702. The zero-order chi connectivity index (χ0) is 22.1. The summed E-state index contributed by atoms with van der Waals surface area (Å²) in [5.74, 6) is -0.645. The molecule has 2 aromatic carbocycles. The first-order valence-electron chi connectivity index (χ1n) is 11.8. The first-order valence-corrected chi connectivity index (χ1v) is 11.8. The van der Waals surface area contributed by atoms with Crippen molar-refractivity contribution in [2.45, 2.75) is 44.7 Å². The van der Waals surface area contributed by atoms with E-state index < -0.39 is 5.82 Å². The van der Waals surface area contributed by atoms with Crippen molar-refractivity contribution in [3.8, 4) is 0 Å². The number of nitrogens with zero attached hydrogens (tertiary/aromatic N) is 3. The van der Waals surface area contributed by atoms with Gasteiger partial charge in [-0.3, -0.25) is 9.59 Å². The highest BCUT2D eigenvalue weighted by Gasteiger charge is 2.32. The van der Waals surface area contributed by atoms with Crippen molar-refractivity contribution in [1.29, 1.82) is 0 Å². The Bertz CT molecular complexity index is 1020. The highest BCUT2D eigenvalue weighted by molar-refractivity contribution is 5.96. The van der Waals surface area contributed by atoms with E-state index >= 15 is 0 Å². The summed E-state index contributed by atoms with van der Waals surface area (Å²) in [6, 6.07) is 12.3. The van der Waals surface area contributed by atoms with Gasteiger partial charge in [0.25, 0.3) is 11.8 Å². The average molecular weight is 436 g/mol. The van der Waals surface area contributed by atoms with Gasteiger partial charge >= 0.3 is 0 Å². The maximum Gasteiger partial charge on any atom is 0.257 e. The van der Waals surface area contributed by atoms with Crippen LogP contribution >= 0.6 is 0 Å². The summed E-state index contributed by atoms with van der Waals surface area (Å²) in [7, 11) is 0. The van der Waals surface area contributed by atoms with Gasteiger partial charge in [-0.15, -0.1) is 0 Å². The Hall–Kier alpha value is -2.73. The summed E-state index contributed by atoms with van der Waals surface area (Å²) < 4.78 is 14.0. The second kappa shape index (κ2) is 9.02. The first-order chi connectivity index (χ1) is 15.6. The van der Waals surface area contributed by atoms with E-state index in [-0.39, 0.29) is 17.4 Å². The van der Waals surface area contributed by atoms with Crippen LogP contribution in [0.15, 0.2) is 42.5 Å². The molecule has 0 aliphatic carbocycles. The van der Waals surface area contributed by atoms with Crippen LogP contribution in [0.1, 0.15) is 57.5 Å². The fourth-order valence-electron chi connectivity index (χ4n) is 5.39. The van der Waals surface area contributed by atoms with Gasteiger partial charge in [-0.05, 0) is 80.6 Å². The van der Waals surface area contributed by atoms with Gasteiger partial charge in [0.15, 0.2) is 0 Å². The standard InChI is InChI=1S/C26H30FN3O2/c27-24-8-2-1-7-23(24)26(32)29-15-11-19-16-20(9-10-21(19)17-29)25(31)30-14-5-6-22(30)18-28-12-3-4-13-28/h1-2,7-10,16,22H,3-6,11-15,17-18H2/t22-/m0/s1. The molecule has 0 aromatic heterocycles. The predicted molar refractivity (Wildman–Crippen MR) is 121 cm³/mol. The van der Waals surface area contributed by atoms with Gasteiger partial charge in [0.1, 0.15) is 5.82 Å². The summed E-state index contributed by atoms with van der Waals surface area (Å²) in [4.78, 5) is 32.3. The summed E-state index contributed by atoms with van der Waals surface area (Å²) >= 11 is 0. The van der Waals surface area contributed by atoms with Crippen molar-refractivity contribution in [3.63, 3.8) is 0 Å². The van der Waals surface area contributed by atoms with Crippen LogP contribution in [-0.4, -0.2) is 65.3 Å². The molecular formula is C26H30FN3O2. The molecule has 168 valence electrons. The Labute approximate surface area is 188 Å². The molecule has 0 N–H and O–H groups in total. The van der Waals surface area contributed by atoms with Crippen LogP contribution in [0.2, 0.25) is 0 Å². The smallest absolute Gasteiger partial charge is 0.257 e. The number of fused-ring (bicyclic) bond motifs is 1. The zero-order valence-corrected chi connectivity index (χ0v) is 18.4. The molecule has 3 aliphatic heterocycles. The van der Waals surface area contributed by atoms with Crippen LogP contribution in [0.5, 0.6) is 0 Å². The molecule has 0 bridgehead atoms. The van der Waals surface area contributed by atoms with Gasteiger partial charge in [-0.1, -0.05) is 18.2 Å². The van der Waals surface area contributed by atoms with Gasteiger partial charge in [0, 0.05) is 37.8 Å². The van der Waals surface area contributed by atoms with Crippen molar-refractivity contribution < 1.29 is 14.0 Å². The lowest BCUT2D eigenvalue weighted by Gasteiger charge is -2.31. The Morgan fingerprint density at radius 1 is 0.906 bits per heavy atom. The molecule has 3 aliphatic rings. The summed E-state index contributed by atoms with van der Waals surface area (Å²) in [5.41, 5.74) is 3.00. The Balaban J connectivity index is 1.28. The summed E-state index contributed by atoms with van der Waals surface area (Å²) in [6.07, 6.45) is 5.36. The van der Waals surface area contributed by atoms with E-state index in [1.165, 1.54) is 25.0 Å². The first kappa shape index (κ1) is 21.1. The second-order valence-corrected chi connectivity index (χ2v) is 9.24. The molecule has 0 spiro atoms. The van der Waals surface area contributed by atoms with Crippen molar-refractivity contribution >= 4 is 11.8 Å². The van der Waals surface area contributed by atoms with Gasteiger partial charge in [0.2, 0.25) is 0 Å². The molecule has 5 rings (SSSR count). The Kier molecular flexibility index (Phi) is 5.96. The molecule has 3 heterocycles. The molecule has 2 saturated heterocycles. The minimum absolute atomic E-state index is 0.112. The van der Waals surface area contributed by atoms with Crippen molar-refractivity contribution in [2.24, 2.45) is 0 Å². The van der Waals surface area contributed by atoms with E-state index in [2.05, 4.69) is 9.80 Å². The monoisotopic (exact) mass is 435 g/mol. The molecule has 0 unspecified atom stereocenters. The molecule has 2 aromatic rings. The summed E-state index contributed by atoms with van der Waals surface area (Å²) in [6.45, 7) is 5.10. The molecule has 5 nitrogen and oxygen atoms in total. The van der Waals surface area contributed by atoms with E-state index in [9.17, 15) is 14.0 Å². The van der Waals surface area contributed by atoms with E-state index in [1.807, 2.05) is 18.2 Å². The van der Waals surface area contributed by atoms with Crippen LogP contribution in [0, 0.1) is 5.82 Å². The number of carbonyl (C=O) groups excluding carboxylic acids is 2. The Morgan fingerprint density at radius 3 is 2.53 bits per heavy atom. The van der Waals surface area contributed by atoms with Gasteiger partial charge in [-0.25, -0.2) is 4.39 Å². The van der Waals surface area contributed by atoms with Crippen LogP contribution in [0.25, 0.3) is 0 Å². The molecular weight excluding hydrogens is 405 g/mol. The number of rotatable bonds is 4. The average Bonchev–Trinajstić information content (AvgIpc) is 3.50. The minimum atomic E-state index is -0.488. The third kappa shape index (κ3) is 4.16. The molecule has 0 saturated carbocycles. The number of amides is 2. The van der Waals surface area contributed by atoms with Crippen molar-refractivity contribution in [2.75, 3.05) is 32.7 Å². The third-order valence-corrected chi connectivity index (χ3v) is 7.16. The van der Waals surface area contributed by atoms with Crippen LogP contribution < -0.4 is 0 Å². The van der Waals surface area contributed by atoms with Crippen molar-refractivity contribution in [3.05, 3.63) is 70.5 Å². The largest absolute Gasteiger partial charge is 0.334 e. The molecule has 6 heteroatoms. The third-order valence-electron chi connectivity index (χ3n) is 7.16. The molecule has 0 radical (unpaired) electrons. The minimum Gasteiger partial charge on any atom is -0.334 e. The number of halogens is 1. The summed E-state index contributed by atoms with van der Waals surface area (Å²) in [5, 5.41) is 0. The van der Waals surface area contributed by atoms with E-state index in [0.29, 0.717) is 25.6 Å². The number of carbonyl (C=O) groups is 2. The molecule has 2 fully saturated rings. The zero-order valence-electron chi connectivity index (χ0n) is 18.4. The van der Waals surface area contributed by atoms with E-state index in [4.69, 9.17) is 0 Å². The Morgan fingerprint density at radius 2 is 1.72 bits per heavy atom. The second-order valence-electron chi connectivity index (χ2n) is 9.24. The highest BCUT2D eigenvalue weighted by Crippen LogP contribution is 2.26. The van der Waals surface area contributed by atoms with E-state index in [1.54, 1.807) is 17.0 Å². The lowest BCUT2D eigenvalue weighted by Crippen LogP contribution is -2.42. The SMILES string of the molecule is O=C(c1ccccc1F)N1CCc2cc(C(=O)N3CCC[C@H]3CN3CCCC3)ccc2C1. The van der Waals surface area contributed by atoms with Gasteiger partial charge < -0.3 is 14.7 Å². The molecule has 32 heavy (non-hydrogen) atoms. The maximum atomic E-state index is 14.0. The number of hydrogen-bond acceptors (Lipinski definition) is 3.